The number of H-pyrrole nitrogens is 2. The fraction of sp³-hybridized carbons (Fsp3) is 0.320. The number of nitrogens with zero attached hydrogens (tertiary/aromatic N) is 3. The summed E-state index contributed by atoms with van der Waals surface area (Å²) in [6, 6.07) is 16.6. The minimum Gasteiger partial charge on any atom is -0.361 e. The molecule has 0 radical (unpaired) electrons. The number of hydrogen-bond donors (Lipinski definition) is 2. The number of fused-ring (bicyclic) bond motifs is 1. The molecule has 164 valence electrons. The summed E-state index contributed by atoms with van der Waals surface area (Å²) in [5.74, 6) is 1.45. The maximum atomic E-state index is 12.9. The fourth-order valence-corrected chi connectivity index (χ4v) is 4.91. The number of benzene rings is 2. The van der Waals surface area contributed by atoms with Crippen LogP contribution >= 0.6 is 12.2 Å². The number of carbonyl (C=O) groups excluding carboxylic acids is 1. The van der Waals surface area contributed by atoms with Crippen LogP contribution in [0.25, 0.3) is 22.3 Å². The number of aromatic nitrogens is 4. The third-order valence-electron chi connectivity index (χ3n) is 6.53. The largest absolute Gasteiger partial charge is 0.361 e. The zero-order chi connectivity index (χ0) is 22.1. The predicted molar refractivity (Wildman–Crippen MR) is 129 cm³/mol. The first-order valence-corrected chi connectivity index (χ1v) is 11.6. The molecule has 2 aromatic heterocycles. The van der Waals surface area contributed by atoms with Gasteiger partial charge >= 0.3 is 0 Å². The first kappa shape index (κ1) is 20.7. The molecule has 1 amide bonds. The number of hydrogen-bond acceptors (Lipinski definition) is 3. The average Bonchev–Trinajstić information content (AvgIpc) is 3.42. The number of para-hydroxylation sites is 1. The summed E-state index contributed by atoms with van der Waals surface area (Å²) in [6.07, 6.45) is 4.55. The molecule has 0 aliphatic carbocycles. The minimum atomic E-state index is 0.181. The Kier molecular flexibility index (Phi) is 5.66. The van der Waals surface area contributed by atoms with Gasteiger partial charge < -0.3 is 9.88 Å². The van der Waals surface area contributed by atoms with Crippen molar-refractivity contribution in [3.63, 3.8) is 0 Å². The molecule has 1 fully saturated rings. The highest BCUT2D eigenvalue weighted by atomic mass is 32.1. The van der Waals surface area contributed by atoms with Crippen LogP contribution in [0.15, 0.2) is 54.7 Å². The van der Waals surface area contributed by atoms with Gasteiger partial charge in [0.1, 0.15) is 0 Å². The van der Waals surface area contributed by atoms with Crippen LogP contribution in [-0.4, -0.2) is 43.6 Å². The van der Waals surface area contributed by atoms with Gasteiger partial charge in [0.15, 0.2) is 10.6 Å². The van der Waals surface area contributed by atoms with E-state index < -0.39 is 0 Å². The van der Waals surface area contributed by atoms with Gasteiger partial charge in [-0.1, -0.05) is 48.0 Å². The highest BCUT2D eigenvalue weighted by Crippen LogP contribution is 2.33. The van der Waals surface area contributed by atoms with Crippen molar-refractivity contribution < 1.29 is 4.79 Å². The Balaban J connectivity index is 1.21. The summed E-state index contributed by atoms with van der Waals surface area (Å²) >= 11 is 5.42. The van der Waals surface area contributed by atoms with Crippen LogP contribution in [0.5, 0.6) is 0 Å². The molecule has 0 saturated carbocycles. The molecule has 0 bridgehead atoms. The van der Waals surface area contributed by atoms with E-state index in [9.17, 15) is 4.79 Å². The summed E-state index contributed by atoms with van der Waals surface area (Å²) < 4.78 is 2.47. The lowest BCUT2D eigenvalue weighted by Crippen LogP contribution is -2.38. The molecule has 0 atom stereocenters. The van der Waals surface area contributed by atoms with E-state index in [4.69, 9.17) is 12.2 Å². The van der Waals surface area contributed by atoms with Crippen molar-refractivity contribution >= 4 is 29.0 Å². The van der Waals surface area contributed by atoms with E-state index >= 15 is 0 Å². The van der Waals surface area contributed by atoms with Crippen LogP contribution in [0.1, 0.15) is 36.3 Å². The third-order valence-corrected chi connectivity index (χ3v) is 6.84. The Labute approximate surface area is 192 Å². The lowest BCUT2D eigenvalue weighted by Gasteiger charge is -2.32. The van der Waals surface area contributed by atoms with E-state index in [0.29, 0.717) is 23.7 Å². The van der Waals surface area contributed by atoms with E-state index in [0.717, 1.165) is 37.3 Å². The molecule has 1 aliphatic rings. The van der Waals surface area contributed by atoms with Gasteiger partial charge in [-0.2, -0.15) is 5.10 Å². The molecule has 2 N–H and O–H groups in total. The van der Waals surface area contributed by atoms with Crippen molar-refractivity contribution in [2.24, 2.45) is 0 Å². The maximum Gasteiger partial charge on any atom is 0.224 e. The number of aryl methyl sites for hydroxylation is 1. The van der Waals surface area contributed by atoms with Gasteiger partial charge in [-0.05, 0) is 49.5 Å². The van der Waals surface area contributed by atoms with Gasteiger partial charge in [0, 0.05) is 48.7 Å². The van der Waals surface area contributed by atoms with Gasteiger partial charge in [-0.15, -0.1) is 0 Å². The van der Waals surface area contributed by atoms with E-state index in [1.54, 1.807) is 0 Å². The Morgan fingerprint density at radius 3 is 2.66 bits per heavy atom. The van der Waals surface area contributed by atoms with Crippen LogP contribution < -0.4 is 0 Å². The summed E-state index contributed by atoms with van der Waals surface area (Å²) in [7, 11) is 0. The molecule has 32 heavy (non-hydrogen) atoms. The van der Waals surface area contributed by atoms with Gasteiger partial charge in [-0.25, -0.2) is 0 Å². The van der Waals surface area contributed by atoms with Crippen LogP contribution in [0.4, 0.5) is 0 Å². The van der Waals surface area contributed by atoms with Crippen LogP contribution in [0, 0.1) is 11.7 Å². The normalized spacial score (nSPS) is 14.8. The fourth-order valence-electron chi connectivity index (χ4n) is 4.69. The van der Waals surface area contributed by atoms with Crippen molar-refractivity contribution in [3.8, 4) is 11.4 Å². The summed E-state index contributed by atoms with van der Waals surface area (Å²) in [5, 5.41) is 8.57. The van der Waals surface area contributed by atoms with E-state index in [-0.39, 0.29) is 5.91 Å². The van der Waals surface area contributed by atoms with Crippen LogP contribution in [-0.2, 0) is 11.3 Å². The van der Waals surface area contributed by atoms with Gasteiger partial charge in [0.2, 0.25) is 5.91 Å². The van der Waals surface area contributed by atoms with Crippen molar-refractivity contribution in [3.05, 3.63) is 70.6 Å². The molecule has 5 rings (SSSR count). The quantitative estimate of drug-likeness (QED) is 0.415. The SMILES string of the molecule is Cc1ccc(-c2n[nH]c(=S)n2CCC(=O)N2CCC(c3c[nH]c4ccccc34)CC2)cc1. The zero-order valence-electron chi connectivity index (χ0n) is 18.2. The van der Waals surface area contributed by atoms with Crippen LogP contribution in [0.3, 0.4) is 0 Å². The molecular weight excluding hydrogens is 418 g/mol. The number of aromatic amines is 2. The Hall–Kier alpha value is -3.19. The second kappa shape index (κ2) is 8.74. The molecule has 2 aromatic carbocycles. The molecular formula is C25H27N5OS. The second-order valence-corrected chi connectivity index (χ2v) is 8.95. The molecule has 1 saturated heterocycles. The smallest absolute Gasteiger partial charge is 0.224 e. The lowest BCUT2D eigenvalue weighted by molar-refractivity contribution is -0.132. The van der Waals surface area contributed by atoms with Crippen LogP contribution in [0.2, 0.25) is 0 Å². The number of amides is 1. The van der Waals surface area contributed by atoms with Gasteiger partial charge in [0.25, 0.3) is 0 Å². The second-order valence-electron chi connectivity index (χ2n) is 8.56. The Morgan fingerprint density at radius 1 is 1.12 bits per heavy atom. The van der Waals surface area contributed by atoms with E-state index in [1.807, 2.05) is 21.6 Å². The molecule has 3 heterocycles. The molecule has 7 heteroatoms. The zero-order valence-corrected chi connectivity index (χ0v) is 19.0. The number of nitrogens with one attached hydrogen (secondary N) is 2. The van der Waals surface area contributed by atoms with Crippen molar-refractivity contribution in [1.29, 1.82) is 0 Å². The molecule has 4 aromatic rings. The Morgan fingerprint density at radius 2 is 1.88 bits per heavy atom. The van der Waals surface area contributed by atoms with Gasteiger partial charge in [-0.3, -0.25) is 14.5 Å². The topological polar surface area (TPSA) is 69.7 Å². The molecule has 0 spiro atoms. The summed E-state index contributed by atoms with van der Waals surface area (Å²) in [5.41, 5.74) is 4.75. The van der Waals surface area contributed by atoms with Crippen molar-refractivity contribution in [2.75, 3.05) is 13.1 Å². The minimum absolute atomic E-state index is 0.181. The Bertz CT molecular complexity index is 1290. The molecule has 1 aliphatic heterocycles. The number of piperidine rings is 1. The summed E-state index contributed by atoms with van der Waals surface area (Å²) in [4.78, 5) is 18.3. The van der Waals surface area contributed by atoms with E-state index in [2.05, 4.69) is 64.7 Å². The average molecular weight is 446 g/mol. The summed E-state index contributed by atoms with van der Waals surface area (Å²) in [6.45, 7) is 4.18. The number of rotatable bonds is 5. The standard InChI is InChI=1S/C25H27N5OS/c1-17-6-8-19(9-7-17)24-27-28-25(32)30(24)15-12-23(31)29-13-10-18(11-14-29)21-16-26-22-5-3-2-4-20(21)22/h2-9,16,18,26H,10-15H2,1H3,(H,28,32). The maximum absolute atomic E-state index is 12.9. The molecule has 0 unspecified atom stereocenters. The van der Waals surface area contributed by atoms with Gasteiger partial charge in [0.05, 0.1) is 0 Å². The third kappa shape index (κ3) is 4.00. The first-order chi connectivity index (χ1) is 15.6. The highest BCUT2D eigenvalue weighted by Gasteiger charge is 2.25. The van der Waals surface area contributed by atoms with E-state index in [1.165, 1.54) is 22.0 Å². The first-order valence-electron chi connectivity index (χ1n) is 11.2. The number of carbonyl (C=O) groups is 1. The predicted octanol–water partition coefficient (Wildman–Crippen LogP) is 5.19. The van der Waals surface area contributed by atoms with Crippen molar-refractivity contribution in [1.82, 2.24) is 24.6 Å². The lowest BCUT2D eigenvalue weighted by atomic mass is 9.89. The highest BCUT2D eigenvalue weighted by molar-refractivity contribution is 7.71. The van der Waals surface area contributed by atoms with Crippen molar-refractivity contribution in [2.45, 2.75) is 38.6 Å². The monoisotopic (exact) mass is 445 g/mol. The molecule has 6 nitrogen and oxygen atoms in total. The number of likely N-dealkylation sites (tertiary alicyclic amines) is 1.